The number of hydrogen-bond donors (Lipinski definition) is 2. The van der Waals surface area contributed by atoms with Crippen LogP contribution in [0.3, 0.4) is 0 Å². The van der Waals surface area contributed by atoms with Gasteiger partial charge in [-0.25, -0.2) is 13.6 Å². The molecule has 0 heterocycles. The molecule has 0 spiro atoms. The van der Waals surface area contributed by atoms with Crippen LogP contribution in [0, 0.1) is 11.3 Å². The van der Waals surface area contributed by atoms with Crippen LogP contribution in [-0.2, 0) is 4.74 Å². The average molecular weight is 320 g/mol. The third kappa shape index (κ3) is 6.90. The molecule has 1 saturated carbocycles. The van der Waals surface area contributed by atoms with Gasteiger partial charge in [-0.1, -0.05) is 20.8 Å². The summed E-state index contributed by atoms with van der Waals surface area (Å²) in [5.74, 6) is -2.62. The molecule has 0 bridgehead atoms. The quantitative estimate of drug-likeness (QED) is 0.814. The van der Waals surface area contributed by atoms with E-state index in [0.29, 0.717) is 5.92 Å². The summed E-state index contributed by atoms with van der Waals surface area (Å²) in [6.07, 6.45) is 1.11. The average Bonchev–Trinajstić information content (AvgIpc) is 2.55. The summed E-state index contributed by atoms with van der Waals surface area (Å²) in [7, 11) is 0. The van der Waals surface area contributed by atoms with Crippen molar-refractivity contribution < 1.29 is 18.3 Å². The second-order valence-corrected chi connectivity index (χ2v) is 8.25. The maximum absolute atomic E-state index is 13.9. The lowest BCUT2D eigenvalue weighted by atomic mass is 9.91. The van der Waals surface area contributed by atoms with Gasteiger partial charge in [0.15, 0.2) is 0 Å². The van der Waals surface area contributed by atoms with Gasteiger partial charge < -0.3 is 15.4 Å². The van der Waals surface area contributed by atoms with Crippen LogP contribution in [0.5, 0.6) is 0 Å². The number of rotatable bonds is 5. The lowest BCUT2D eigenvalue weighted by Gasteiger charge is -2.24. The molecule has 0 saturated heterocycles. The zero-order valence-corrected chi connectivity index (χ0v) is 14.6. The number of carbonyl (C=O) groups excluding carboxylic acids is 1. The standard InChI is InChI=1S/C16H30F2N2O2/c1-11-7-15(5,6)8-12(11)19-9-16(17,18)10-20-13(21)22-14(2,3)4/h11-12,19H,7-10H2,1-6H3,(H,20,21). The summed E-state index contributed by atoms with van der Waals surface area (Å²) < 4.78 is 32.7. The van der Waals surface area contributed by atoms with E-state index in [2.05, 4.69) is 31.4 Å². The van der Waals surface area contributed by atoms with Crippen LogP contribution in [-0.4, -0.2) is 36.7 Å². The van der Waals surface area contributed by atoms with Crippen LogP contribution < -0.4 is 10.6 Å². The van der Waals surface area contributed by atoms with Gasteiger partial charge in [-0.15, -0.1) is 0 Å². The van der Waals surface area contributed by atoms with E-state index in [1.807, 2.05) is 0 Å². The van der Waals surface area contributed by atoms with Crippen molar-refractivity contribution in [1.29, 1.82) is 0 Å². The van der Waals surface area contributed by atoms with Crippen LogP contribution in [0.4, 0.5) is 13.6 Å². The lowest BCUT2D eigenvalue weighted by Crippen LogP contribution is -2.47. The second kappa shape index (κ2) is 6.69. The van der Waals surface area contributed by atoms with Crippen LogP contribution >= 0.6 is 0 Å². The Kier molecular flexibility index (Phi) is 5.82. The fourth-order valence-electron chi connectivity index (χ4n) is 3.03. The zero-order valence-electron chi connectivity index (χ0n) is 14.6. The summed E-state index contributed by atoms with van der Waals surface area (Å²) >= 11 is 0. The van der Waals surface area contributed by atoms with E-state index in [-0.39, 0.29) is 11.5 Å². The van der Waals surface area contributed by atoms with E-state index in [1.165, 1.54) is 0 Å². The minimum Gasteiger partial charge on any atom is -0.444 e. The largest absolute Gasteiger partial charge is 0.444 e. The molecule has 0 aliphatic heterocycles. The number of nitrogens with one attached hydrogen (secondary N) is 2. The molecule has 0 aromatic rings. The summed E-state index contributed by atoms with van der Waals surface area (Å²) in [6.45, 7) is 10.3. The first kappa shape index (κ1) is 19.1. The third-order valence-electron chi connectivity index (χ3n) is 3.85. The zero-order chi connectivity index (χ0) is 17.2. The molecule has 1 aliphatic rings. The lowest BCUT2D eigenvalue weighted by molar-refractivity contribution is -0.00639. The van der Waals surface area contributed by atoms with E-state index < -0.39 is 30.7 Å². The molecule has 1 rings (SSSR count). The van der Waals surface area contributed by atoms with Crippen molar-refractivity contribution in [2.75, 3.05) is 13.1 Å². The maximum atomic E-state index is 13.9. The van der Waals surface area contributed by atoms with Crippen molar-refractivity contribution in [3.8, 4) is 0 Å². The normalized spacial score (nSPS) is 25.1. The Bertz CT molecular complexity index is 392. The Balaban J connectivity index is 2.37. The topological polar surface area (TPSA) is 50.4 Å². The van der Waals surface area contributed by atoms with Crippen molar-refractivity contribution >= 4 is 6.09 Å². The highest BCUT2D eigenvalue weighted by Crippen LogP contribution is 2.40. The van der Waals surface area contributed by atoms with Crippen molar-refractivity contribution in [3.05, 3.63) is 0 Å². The summed E-state index contributed by atoms with van der Waals surface area (Å²) in [5.41, 5.74) is -0.496. The summed E-state index contributed by atoms with van der Waals surface area (Å²) in [5, 5.41) is 5.09. The molecular weight excluding hydrogens is 290 g/mol. The number of hydrogen-bond acceptors (Lipinski definition) is 3. The maximum Gasteiger partial charge on any atom is 0.407 e. The molecule has 2 unspecified atom stereocenters. The molecule has 4 nitrogen and oxygen atoms in total. The molecular formula is C16H30F2N2O2. The van der Waals surface area contributed by atoms with Gasteiger partial charge in [-0.3, -0.25) is 0 Å². The van der Waals surface area contributed by atoms with Gasteiger partial charge in [-0.2, -0.15) is 0 Å². The Hall–Kier alpha value is -0.910. The fraction of sp³-hybridized carbons (Fsp3) is 0.938. The predicted molar refractivity (Wildman–Crippen MR) is 83.2 cm³/mol. The number of carbonyl (C=O) groups is 1. The Labute approximate surface area is 132 Å². The molecule has 0 aromatic carbocycles. The summed E-state index contributed by atoms with van der Waals surface area (Å²) in [6, 6.07) is 0.0994. The molecule has 130 valence electrons. The molecule has 2 N–H and O–H groups in total. The van der Waals surface area contributed by atoms with E-state index >= 15 is 0 Å². The van der Waals surface area contributed by atoms with Crippen molar-refractivity contribution in [1.82, 2.24) is 10.6 Å². The van der Waals surface area contributed by atoms with Gasteiger partial charge in [-0.05, 0) is 44.9 Å². The molecule has 1 aliphatic carbocycles. The minimum absolute atomic E-state index is 0.0994. The predicted octanol–water partition coefficient (Wildman–Crippen LogP) is 3.56. The Morgan fingerprint density at radius 2 is 1.82 bits per heavy atom. The monoisotopic (exact) mass is 320 g/mol. The number of alkyl halides is 2. The smallest absolute Gasteiger partial charge is 0.407 e. The van der Waals surface area contributed by atoms with Gasteiger partial charge in [0.2, 0.25) is 0 Å². The van der Waals surface area contributed by atoms with Crippen LogP contribution in [0.15, 0.2) is 0 Å². The molecule has 0 aromatic heterocycles. The van der Waals surface area contributed by atoms with E-state index in [0.717, 1.165) is 12.8 Å². The van der Waals surface area contributed by atoms with Gasteiger partial charge in [0, 0.05) is 6.04 Å². The van der Waals surface area contributed by atoms with Crippen molar-refractivity contribution in [2.45, 2.75) is 71.9 Å². The highest BCUT2D eigenvalue weighted by molar-refractivity contribution is 5.67. The molecule has 2 atom stereocenters. The van der Waals surface area contributed by atoms with Gasteiger partial charge in [0.1, 0.15) is 5.60 Å². The van der Waals surface area contributed by atoms with Crippen molar-refractivity contribution in [2.24, 2.45) is 11.3 Å². The van der Waals surface area contributed by atoms with Gasteiger partial charge in [0.05, 0.1) is 13.1 Å². The van der Waals surface area contributed by atoms with E-state index in [4.69, 9.17) is 4.74 Å². The van der Waals surface area contributed by atoms with E-state index in [9.17, 15) is 13.6 Å². The Morgan fingerprint density at radius 1 is 1.23 bits per heavy atom. The molecule has 22 heavy (non-hydrogen) atoms. The molecule has 1 fully saturated rings. The Morgan fingerprint density at radius 3 is 2.27 bits per heavy atom. The first-order valence-electron chi connectivity index (χ1n) is 7.88. The number of alkyl carbamates (subject to hydrolysis) is 1. The minimum atomic E-state index is -3.00. The first-order chi connectivity index (χ1) is 9.80. The van der Waals surface area contributed by atoms with Crippen molar-refractivity contribution in [3.63, 3.8) is 0 Å². The number of ether oxygens (including phenoxy) is 1. The van der Waals surface area contributed by atoms with E-state index in [1.54, 1.807) is 20.8 Å². The van der Waals surface area contributed by atoms with Crippen LogP contribution in [0.1, 0.15) is 54.4 Å². The third-order valence-corrected chi connectivity index (χ3v) is 3.85. The highest BCUT2D eigenvalue weighted by atomic mass is 19.3. The molecule has 1 amide bonds. The first-order valence-corrected chi connectivity index (χ1v) is 7.88. The van der Waals surface area contributed by atoms with Crippen LogP contribution in [0.2, 0.25) is 0 Å². The fourth-order valence-corrected chi connectivity index (χ4v) is 3.03. The van der Waals surface area contributed by atoms with Crippen LogP contribution in [0.25, 0.3) is 0 Å². The van der Waals surface area contributed by atoms with Gasteiger partial charge >= 0.3 is 6.09 Å². The highest BCUT2D eigenvalue weighted by Gasteiger charge is 2.38. The number of halogens is 2. The summed E-state index contributed by atoms with van der Waals surface area (Å²) in [4.78, 5) is 11.4. The molecule has 6 heteroatoms. The SMILES string of the molecule is CC1CC(C)(C)CC1NCC(F)(F)CNC(=O)OC(C)(C)C. The van der Waals surface area contributed by atoms with Gasteiger partial charge in [0.25, 0.3) is 5.92 Å². The molecule has 0 radical (unpaired) electrons. The second-order valence-electron chi connectivity index (χ2n) is 8.25. The number of amides is 1.